The number of rotatable bonds is 3. The highest BCUT2D eigenvalue weighted by Gasteiger charge is 2.32. The first-order chi connectivity index (χ1) is 12.3. The lowest BCUT2D eigenvalue weighted by molar-refractivity contribution is -0.137. The molecular formula is C18H22Cl2F3N3OS. The number of hydrogen-bond donors (Lipinski definition) is 1. The van der Waals surface area contributed by atoms with Crippen LogP contribution in [0.25, 0.3) is 10.6 Å². The third kappa shape index (κ3) is 5.37. The molecule has 1 aliphatic rings. The molecule has 3 rings (SSSR count). The van der Waals surface area contributed by atoms with Crippen LogP contribution in [0.2, 0.25) is 0 Å². The predicted molar refractivity (Wildman–Crippen MR) is 109 cm³/mol. The summed E-state index contributed by atoms with van der Waals surface area (Å²) in [5.41, 5.74) is 5.69. The van der Waals surface area contributed by atoms with E-state index in [1.807, 2.05) is 0 Å². The first-order valence-electron chi connectivity index (χ1n) is 8.43. The van der Waals surface area contributed by atoms with Crippen molar-refractivity contribution >= 4 is 42.1 Å². The van der Waals surface area contributed by atoms with Gasteiger partial charge in [0.1, 0.15) is 10.7 Å². The zero-order valence-electron chi connectivity index (χ0n) is 15.1. The van der Waals surface area contributed by atoms with Crippen LogP contribution in [0.4, 0.5) is 13.2 Å². The van der Waals surface area contributed by atoms with E-state index in [1.54, 1.807) is 16.3 Å². The largest absolute Gasteiger partial charge is 0.416 e. The standard InChI is InChI=1S/C18H20F3N3OS.2ClH/c1-11-5-6-24(14(7-11)9-22)17(25)15-10-26-16(23-15)12-3-2-4-13(8-12)18(19,20)21;;/h2-4,8,10-11,14H,5-7,9,22H2,1H3;2*1H. The SMILES string of the molecule is CC1CCN(C(=O)c2csc(-c3cccc(C(F)(F)F)c3)n2)C(CN)C1.Cl.Cl. The summed E-state index contributed by atoms with van der Waals surface area (Å²) in [6.45, 7) is 3.15. The normalized spacial score (nSPS) is 19.5. The molecule has 0 bridgehead atoms. The molecule has 2 aromatic rings. The van der Waals surface area contributed by atoms with Crippen molar-refractivity contribution in [2.24, 2.45) is 11.7 Å². The predicted octanol–water partition coefficient (Wildman–Crippen LogP) is 4.87. The number of hydrogen-bond acceptors (Lipinski definition) is 4. The van der Waals surface area contributed by atoms with E-state index in [1.165, 1.54) is 17.4 Å². The van der Waals surface area contributed by atoms with Crippen LogP contribution in [0.15, 0.2) is 29.6 Å². The summed E-state index contributed by atoms with van der Waals surface area (Å²) in [5.74, 6) is 0.311. The number of likely N-dealkylation sites (tertiary alicyclic amines) is 1. The molecule has 2 atom stereocenters. The van der Waals surface area contributed by atoms with Gasteiger partial charge in [0.15, 0.2) is 0 Å². The third-order valence-electron chi connectivity index (χ3n) is 4.67. The molecule has 0 spiro atoms. The fraction of sp³-hybridized carbons (Fsp3) is 0.444. The number of thiazole rings is 1. The molecule has 2 unspecified atom stereocenters. The van der Waals surface area contributed by atoms with Crippen molar-refractivity contribution in [1.82, 2.24) is 9.88 Å². The molecule has 156 valence electrons. The van der Waals surface area contributed by atoms with Crippen LogP contribution in [-0.2, 0) is 6.18 Å². The number of alkyl halides is 3. The van der Waals surface area contributed by atoms with Gasteiger partial charge in [0.2, 0.25) is 0 Å². The van der Waals surface area contributed by atoms with Gasteiger partial charge in [-0.25, -0.2) is 4.98 Å². The lowest BCUT2D eigenvalue weighted by atomic mass is 9.92. The van der Waals surface area contributed by atoms with E-state index >= 15 is 0 Å². The second-order valence-electron chi connectivity index (χ2n) is 6.63. The van der Waals surface area contributed by atoms with Gasteiger partial charge in [-0.05, 0) is 30.9 Å². The second kappa shape index (κ2) is 9.91. The van der Waals surface area contributed by atoms with Gasteiger partial charge in [-0.1, -0.05) is 19.1 Å². The monoisotopic (exact) mass is 455 g/mol. The van der Waals surface area contributed by atoms with E-state index in [-0.39, 0.29) is 42.5 Å². The van der Waals surface area contributed by atoms with Crippen molar-refractivity contribution in [3.05, 3.63) is 40.9 Å². The number of halogens is 5. The summed E-state index contributed by atoms with van der Waals surface area (Å²) in [6.07, 6.45) is -2.65. The van der Waals surface area contributed by atoms with E-state index < -0.39 is 11.7 Å². The lowest BCUT2D eigenvalue weighted by Crippen LogP contribution is -2.49. The number of nitrogens with zero attached hydrogens (tertiary/aromatic N) is 2. The topological polar surface area (TPSA) is 59.2 Å². The van der Waals surface area contributed by atoms with Crippen molar-refractivity contribution in [3.8, 4) is 10.6 Å². The lowest BCUT2D eigenvalue weighted by Gasteiger charge is -2.37. The summed E-state index contributed by atoms with van der Waals surface area (Å²) >= 11 is 1.17. The minimum atomic E-state index is -4.41. The molecular weight excluding hydrogens is 434 g/mol. The molecule has 0 aliphatic carbocycles. The van der Waals surface area contributed by atoms with Crippen molar-refractivity contribution in [2.45, 2.75) is 32.0 Å². The molecule has 1 saturated heterocycles. The summed E-state index contributed by atoms with van der Waals surface area (Å²) in [6, 6.07) is 4.96. The Morgan fingerprint density at radius 3 is 2.71 bits per heavy atom. The Morgan fingerprint density at radius 2 is 2.07 bits per heavy atom. The highest BCUT2D eigenvalue weighted by molar-refractivity contribution is 7.13. The van der Waals surface area contributed by atoms with Crippen LogP contribution in [0.5, 0.6) is 0 Å². The fourth-order valence-electron chi connectivity index (χ4n) is 3.22. The second-order valence-corrected chi connectivity index (χ2v) is 7.49. The third-order valence-corrected chi connectivity index (χ3v) is 5.56. The quantitative estimate of drug-likeness (QED) is 0.717. The maximum absolute atomic E-state index is 12.9. The van der Waals surface area contributed by atoms with Gasteiger partial charge in [-0.3, -0.25) is 4.79 Å². The van der Waals surface area contributed by atoms with Crippen LogP contribution in [0, 0.1) is 5.92 Å². The average Bonchev–Trinajstić information content (AvgIpc) is 3.10. The van der Waals surface area contributed by atoms with Gasteiger partial charge in [0.25, 0.3) is 5.91 Å². The average molecular weight is 456 g/mol. The van der Waals surface area contributed by atoms with E-state index in [9.17, 15) is 18.0 Å². The minimum absolute atomic E-state index is 0. The molecule has 10 heteroatoms. The molecule has 0 saturated carbocycles. The van der Waals surface area contributed by atoms with Crippen LogP contribution < -0.4 is 5.73 Å². The van der Waals surface area contributed by atoms with E-state index in [0.717, 1.165) is 25.0 Å². The van der Waals surface area contributed by atoms with Gasteiger partial charge >= 0.3 is 6.18 Å². The summed E-state index contributed by atoms with van der Waals surface area (Å²) in [4.78, 5) is 18.8. The van der Waals surface area contributed by atoms with Crippen molar-refractivity contribution in [2.75, 3.05) is 13.1 Å². The van der Waals surface area contributed by atoms with Crippen molar-refractivity contribution < 1.29 is 18.0 Å². The molecule has 1 aromatic carbocycles. The zero-order valence-corrected chi connectivity index (χ0v) is 17.6. The Morgan fingerprint density at radius 1 is 1.36 bits per heavy atom. The smallest absolute Gasteiger partial charge is 0.333 e. The van der Waals surface area contributed by atoms with Gasteiger partial charge in [-0.2, -0.15) is 13.2 Å². The minimum Gasteiger partial charge on any atom is -0.333 e. The Bertz CT molecular complexity index is 800. The number of carbonyl (C=O) groups is 1. The Hall–Kier alpha value is -1.35. The van der Waals surface area contributed by atoms with E-state index in [0.29, 0.717) is 29.6 Å². The number of amides is 1. The molecule has 1 fully saturated rings. The number of nitrogens with two attached hydrogens (primary N) is 1. The highest BCUT2D eigenvalue weighted by atomic mass is 35.5. The number of piperidine rings is 1. The number of benzene rings is 1. The Balaban J connectivity index is 0.00000196. The van der Waals surface area contributed by atoms with Crippen LogP contribution in [0.1, 0.15) is 35.8 Å². The molecule has 4 nitrogen and oxygen atoms in total. The summed E-state index contributed by atoms with van der Waals surface area (Å²) in [5, 5.41) is 2.00. The first kappa shape index (κ1) is 24.7. The van der Waals surface area contributed by atoms with Crippen LogP contribution >= 0.6 is 36.2 Å². The maximum atomic E-state index is 12.9. The van der Waals surface area contributed by atoms with Crippen molar-refractivity contribution in [1.29, 1.82) is 0 Å². The van der Waals surface area contributed by atoms with E-state index in [2.05, 4.69) is 11.9 Å². The molecule has 28 heavy (non-hydrogen) atoms. The molecule has 1 aromatic heterocycles. The zero-order chi connectivity index (χ0) is 18.9. The van der Waals surface area contributed by atoms with E-state index in [4.69, 9.17) is 5.73 Å². The number of carbonyl (C=O) groups excluding carboxylic acids is 1. The summed E-state index contributed by atoms with van der Waals surface area (Å²) in [7, 11) is 0. The Labute approximate surface area is 178 Å². The maximum Gasteiger partial charge on any atom is 0.416 e. The number of aromatic nitrogens is 1. The Kier molecular flexibility index (Phi) is 8.74. The molecule has 0 radical (unpaired) electrons. The van der Waals surface area contributed by atoms with Crippen LogP contribution in [-0.4, -0.2) is 34.9 Å². The van der Waals surface area contributed by atoms with Gasteiger partial charge in [-0.15, -0.1) is 36.2 Å². The highest BCUT2D eigenvalue weighted by Crippen LogP contribution is 2.33. The van der Waals surface area contributed by atoms with Crippen molar-refractivity contribution in [3.63, 3.8) is 0 Å². The van der Waals surface area contributed by atoms with Gasteiger partial charge in [0, 0.05) is 30.1 Å². The first-order valence-corrected chi connectivity index (χ1v) is 9.31. The summed E-state index contributed by atoms with van der Waals surface area (Å²) < 4.78 is 38.7. The van der Waals surface area contributed by atoms with Gasteiger partial charge < -0.3 is 10.6 Å². The molecule has 1 aliphatic heterocycles. The molecule has 1 amide bonds. The molecule has 2 heterocycles. The fourth-order valence-corrected chi connectivity index (χ4v) is 4.01. The van der Waals surface area contributed by atoms with Gasteiger partial charge in [0.05, 0.1) is 5.56 Å². The van der Waals surface area contributed by atoms with Crippen LogP contribution in [0.3, 0.4) is 0 Å². The molecule has 2 N–H and O–H groups in total.